The Bertz CT molecular complexity index is 591. The molecule has 0 spiro atoms. The summed E-state index contributed by atoms with van der Waals surface area (Å²) >= 11 is 2.92. The van der Waals surface area contributed by atoms with Crippen LogP contribution < -0.4 is 5.32 Å². The molecule has 2 aromatic rings. The highest BCUT2D eigenvalue weighted by molar-refractivity contribution is 9.10. The largest absolute Gasteiger partial charge is 0.383 e. The number of benzene rings is 1. The highest BCUT2D eigenvalue weighted by Crippen LogP contribution is 2.22. The van der Waals surface area contributed by atoms with E-state index >= 15 is 0 Å². The van der Waals surface area contributed by atoms with Gasteiger partial charge in [0.15, 0.2) is 0 Å². The molecule has 8 heteroatoms. The molecule has 0 fully saturated rings. The molecule has 1 aromatic heterocycles. The van der Waals surface area contributed by atoms with Crippen LogP contribution in [0.25, 0.3) is 5.69 Å². The van der Waals surface area contributed by atoms with Gasteiger partial charge in [-0.05, 0) is 22.0 Å². The number of hydrogen-bond acceptors (Lipinski definition) is 4. The second-order valence-electron chi connectivity index (χ2n) is 4.04. The molecule has 0 radical (unpaired) electrons. The van der Waals surface area contributed by atoms with Gasteiger partial charge in [-0.3, -0.25) is 0 Å². The number of methoxy groups -OCH3 is 1. The molecule has 5 nitrogen and oxygen atoms in total. The van der Waals surface area contributed by atoms with Crippen molar-refractivity contribution in [3.8, 4) is 5.69 Å². The summed E-state index contributed by atoms with van der Waals surface area (Å²) in [5.74, 6) is -1.14. The van der Waals surface area contributed by atoms with E-state index in [0.29, 0.717) is 25.4 Å². The summed E-state index contributed by atoms with van der Waals surface area (Å²) in [6.45, 7) is 1.73. The summed E-state index contributed by atoms with van der Waals surface area (Å²) in [6, 6.07) is 2.12. The molecule has 0 amide bonds. The van der Waals surface area contributed by atoms with Gasteiger partial charge in [0.2, 0.25) is 0 Å². The predicted octanol–water partition coefficient (Wildman–Crippen LogP) is 2.04. The van der Waals surface area contributed by atoms with E-state index < -0.39 is 11.6 Å². The Kier molecular flexibility index (Phi) is 5.16. The van der Waals surface area contributed by atoms with Gasteiger partial charge in [0, 0.05) is 26.3 Å². The molecule has 0 aliphatic rings. The minimum atomic E-state index is -0.581. The first-order valence-corrected chi connectivity index (χ1v) is 6.67. The van der Waals surface area contributed by atoms with Crippen LogP contribution in [0.5, 0.6) is 0 Å². The molecule has 1 aromatic carbocycles. The summed E-state index contributed by atoms with van der Waals surface area (Å²) in [5.41, 5.74) is 0.644. The lowest BCUT2D eigenvalue weighted by atomic mass is 10.3. The molecule has 0 atom stereocenters. The third-order valence-corrected chi connectivity index (χ3v) is 3.17. The van der Waals surface area contributed by atoms with Crippen LogP contribution in [0.3, 0.4) is 0 Å². The van der Waals surface area contributed by atoms with Gasteiger partial charge in [0.1, 0.15) is 17.3 Å². The van der Waals surface area contributed by atoms with Gasteiger partial charge < -0.3 is 10.1 Å². The maximum atomic E-state index is 13.8. The topological polar surface area (TPSA) is 52.0 Å². The van der Waals surface area contributed by atoms with Crippen molar-refractivity contribution in [1.82, 2.24) is 20.3 Å². The van der Waals surface area contributed by atoms with E-state index in [2.05, 4.69) is 31.6 Å². The molecule has 108 valence electrons. The lowest BCUT2D eigenvalue weighted by Crippen LogP contribution is -2.18. The minimum absolute atomic E-state index is 0.0151. The number of rotatable bonds is 6. The molecule has 0 unspecified atom stereocenters. The van der Waals surface area contributed by atoms with Crippen molar-refractivity contribution in [3.63, 3.8) is 0 Å². The molecular formula is C12H13BrF2N4O. The molecule has 1 N–H and O–H groups in total. The predicted molar refractivity (Wildman–Crippen MR) is 72.6 cm³/mol. The Morgan fingerprint density at radius 3 is 2.90 bits per heavy atom. The number of nitrogens with zero attached hydrogens (tertiary/aromatic N) is 3. The van der Waals surface area contributed by atoms with E-state index in [4.69, 9.17) is 4.74 Å². The first-order valence-electron chi connectivity index (χ1n) is 5.87. The zero-order chi connectivity index (χ0) is 14.5. The lowest BCUT2D eigenvalue weighted by molar-refractivity contribution is 0.199. The normalized spacial score (nSPS) is 11.0. The van der Waals surface area contributed by atoms with Gasteiger partial charge in [0.05, 0.1) is 23.0 Å². The summed E-state index contributed by atoms with van der Waals surface area (Å²) < 4.78 is 33.4. The third-order valence-electron chi connectivity index (χ3n) is 2.57. The molecular weight excluding hydrogens is 334 g/mol. The van der Waals surface area contributed by atoms with Crippen LogP contribution in [0, 0.1) is 11.6 Å². The van der Waals surface area contributed by atoms with Gasteiger partial charge >= 0.3 is 0 Å². The van der Waals surface area contributed by atoms with E-state index in [9.17, 15) is 8.78 Å². The average Bonchev–Trinajstić information content (AvgIpc) is 2.87. The number of aromatic nitrogens is 3. The second kappa shape index (κ2) is 6.87. The molecule has 0 aliphatic carbocycles. The van der Waals surface area contributed by atoms with Crippen LogP contribution in [0.4, 0.5) is 8.78 Å². The van der Waals surface area contributed by atoms with Crippen LogP contribution >= 0.6 is 15.9 Å². The molecule has 2 rings (SSSR count). The lowest BCUT2D eigenvalue weighted by Gasteiger charge is -2.03. The molecule has 0 bridgehead atoms. The van der Waals surface area contributed by atoms with Crippen LogP contribution in [-0.2, 0) is 11.3 Å². The van der Waals surface area contributed by atoms with Gasteiger partial charge in [-0.1, -0.05) is 5.21 Å². The standard InChI is InChI=1S/C12H13BrF2N4O/c1-20-3-2-16-6-8-7-19(18-17-8)12-5-10(14)9(13)4-11(12)15/h4-5,7,16H,2-3,6H2,1H3. The van der Waals surface area contributed by atoms with Crippen molar-refractivity contribution >= 4 is 15.9 Å². The monoisotopic (exact) mass is 346 g/mol. The summed E-state index contributed by atoms with van der Waals surface area (Å²) in [7, 11) is 1.61. The SMILES string of the molecule is COCCNCc1cn(-c2cc(F)c(Br)cc2F)nn1. The van der Waals surface area contributed by atoms with E-state index in [1.807, 2.05) is 0 Å². The van der Waals surface area contributed by atoms with Crippen molar-refractivity contribution in [3.05, 3.63) is 40.1 Å². The molecule has 0 saturated heterocycles. The molecule has 0 saturated carbocycles. The first-order chi connectivity index (χ1) is 9.61. The average molecular weight is 347 g/mol. The Balaban J connectivity index is 2.10. The van der Waals surface area contributed by atoms with Crippen LogP contribution in [0.2, 0.25) is 0 Å². The molecule has 20 heavy (non-hydrogen) atoms. The summed E-state index contributed by atoms with van der Waals surface area (Å²) in [4.78, 5) is 0. The summed E-state index contributed by atoms with van der Waals surface area (Å²) in [5, 5.41) is 10.8. The van der Waals surface area contributed by atoms with E-state index in [1.54, 1.807) is 13.3 Å². The maximum Gasteiger partial charge on any atom is 0.150 e. The van der Waals surface area contributed by atoms with Gasteiger partial charge in [-0.25, -0.2) is 13.5 Å². The minimum Gasteiger partial charge on any atom is -0.383 e. The maximum absolute atomic E-state index is 13.8. The van der Waals surface area contributed by atoms with Gasteiger partial charge in [0.25, 0.3) is 0 Å². The van der Waals surface area contributed by atoms with Crippen molar-refractivity contribution in [1.29, 1.82) is 0 Å². The van der Waals surface area contributed by atoms with Gasteiger partial charge in [-0.15, -0.1) is 5.10 Å². The van der Waals surface area contributed by atoms with Crippen molar-refractivity contribution in [2.45, 2.75) is 6.54 Å². The highest BCUT2D eigenvalue weighted by Gasteiger charge is 2.11. The van der Waals surface area contributed by atoms with E-state index in [0.717, 1.165) is 12.1 Å². The Morgan fingerprint density at radius 1 is 1.35 bits per heavy atom. The fraction of sp³-hybridized carbons (Fsp3) is 0.333. The van der Waals surface area contributed by atoms with E-state index in [-0.39, 0.29) is 10.2 Å². The second-order valence-corrected chi connectivity index (χ2v) is 4.90. The van der Waals surface area contributed by atoms with Crippen LogP contribution in [0.1, 0.15) is 5.69 Å². The fourth-order valence-corrected chi connectivity index (χ4v) is 1.89. The van der Waals surface area contributed by atoms with Crippen LogP contribution in [-0.4, -0.2) is 35.3 Å². The van der Waals surface area contributed by atoms with E-state index in [1.165, 1.54) is 4.68 Å². The number of hydrogen-bond donors (Lipinski definition) is 1. The number of ether oxygens (including phenoxy) is 1. The first kappa shape index (κ1) is 15.0. The molecule has 1 heterocycles. The van der Waals surface area contributed by atoms with Crippen molar-refractivity contribution < 1.29 is 13.5 Å². The Labute approximate surface area is 123 Å². The summed E-state index contributed by atoms with van der Waals surface area (Å²) in [6.07, 6.45) is 1.55. The van der Waals surface area contributed by atoms with Crippen LogP contribution in [0.15, 0.2) is 22.8 Å². The third kappa shape index (κ3) is 3.59. The zero-order valence-corrected chi connectivity index (χ0v) is 12.3. The Hall–Kier alpha value is -1.38. The van der Waals surface area contributed by atoms with Gasteiger partial charge in [-0.2, -0.15) is 0 Å². The smallest absolute Gasteiger partial charge is 0.150 e. The highest BCUT2D eigenvalue weighted by atomic mass is 79.9. The quantitative estimate of drug-likeness (QED) is 0.642. The Morgan fingerprint density at radius 2 is 2.15 bits per heavy atom. The van der Waals surface area contributed by atoms with Crippen molar-refractivity contribution in [2.24, 2.45) is 0 Å². The number of halogens is 3. The number of nitrogens with one attached hydrogen (secondary N) is 1. The fourth-order valence-electron chi connectivity index (χ4n) is 1.58. The molecule has 0 aliphatic heterocycles. The zero-order valence-electron chi connectivity index (χ0n) is 10.7. The van der Waals surface area contributed by atoms with Crippen molar-refractivity contribution in [2.75, 3.05) is 20.3 Å².